The van der Waals surface area contributed by atoms with Gasteiger partial charge in [-0.2, -0.15) is 0 Å². The fourth-order valence-electron chi connectivity index (χ4n) is 4.87. The Bertz CT molecular complexity index is 1690. The van der Waals surface area contributed by atoms with Crippen LogP contribution in [0.3, 0.4) is 0 Å². The molecule has 0 amide bonds. The van der Waals surface area contributed by atoms with Gasteiger partial charge in [-0.05, 0) is 71.5 Å². The number of hydrogen-bond acceptors (Lipinski definition) is 4. The van der Waals surface area contributed by atoms with E-state index in [4.69, 9.17) is 21.3 Å². The van der Waals surface area contributed by atoms with Gasteiger partial charge in [-0.25, -0.2) is 4.99 Å². The van der Waals surface area contributed by atoms with E-state index in [-0.39, 0.29) is 11.6 Å². The number of thiazole rings is 1. The minimum absolute atomic E-state index is 0.0474. The minimum Gasteiger partial charge on any atom is -0.497 e. The molecule has 0 saturated carbocycles. The highest BCUT2D eigenvalue weighted by Crippen LogP contribution is 2.41. The second-order valence-electron chi connectivity index (χ2n) is 8.55. The van der Waals surface area contributed by atoms with Crippen LogP contribution in [-0.4, -0.2) is 11.7 Å². The number of aryl methyl sites for hydroxylation is 1. The van der Waals surface area contributed by atoms with Crippen molar-refractivity contribution in [2.24, 2.45) is 4.99 Å². The van der Waals surface area contributed by atoms with Crippen LogP contribution < -0.4 is 19.6 Å². The number of ether oxygens (including phenoxy) is 1. The van der Waals surface area contributed by atoms with Crippen molar-refractivity contribution in [3.8, 4) is 5.75 Å². The third kappa shape index (κ3) is 3.90. The molecule has 2 heterocycles. The summed E-state index contributed by atoms with van der Waals surface area (Å²) in [6.45, 7) is 0. The zero-order valence-corrected chi connectivity index (χ0v) is 22.0. The molecule has 0 bridgehead atoms. The van der Waals surface area contributed by atoms with E-state index >= 15 is 0 Å². The molecule has 1 aliphatic heterocycles. The van der Waals surface area contributed by atoms with Gasteiger partial charge in [-0.1, -0.05) is 75.3 Å². The van der Waals surface area contributed by atoms with Gasteiger partial charge in [0.25, 0.3) is 5.56 Å². The largest absolute Gasteiger partial charge is 0.497 e. The SMILES string of the molecule is COc1ccc(Br)c(C=c2sc3n(c2=O)C(c2ccc(Cl)cc2)C2=C(N=3)c3ccccc3CC2)c1. The van der Waals surface area contributed by atoms with Gasteiger partial charge in [-0.3, -0.25) is 9.36 Å². The lowest BCUT2D eigenvalue weighted by Crippen LogP contribution is -2.38. The van der Waals surface area contributed by atoms with Crippen molar-refractivity contribution in [1.29, 1.82) is 0 Å². The first-order valence-electron chi connectivity index (χ1n) is 11.3. The average molecular weight is 564 g/mol. The van der Waals surface area contributed by atoms with Crippen LogP contribution in [0.25, 0.3) is 11.8 Å². The van der Waals surface area contributed by atoms with Crippen molar-refractivity contribution in [1.82, 2.24) is 4.57 Å². The van der Waals surface area contributed by atoms with E-state index in [0.29, 0.717) is 14.4 Å². The highest BCUT2D eigenvalue weighted by Gasteiger charge is 2.32. The van der Waals surface area contributed by atoms with Gasteiger partial charge in [0.1, 0.15) is 5.75 Å². The van der Waals surface area contributed by atoms with Gasteiger partial charge < -0.3 is 4.74 Å². The summed E-state index contributed by atoms with van der Waals surface area (Å²) in [7, 11) is 1.63. The number of fused-ring (bicyclic) bond motifs is 3. The second-order valence-corrected chi connectivity index (χ2v) is 10.9. The molecule has 0 saturated heterocycles. The Morgan fingerprint density at radius 2 is 1.91 bits per heavy atom. The number of allylic oxidation sites excluding steroid dienone is 1. The van der Waals surface area contributed by atoms with Crippen molar-refractivity contribution in [2.75, 3.05) is 7.11 Å². The summed E-state index contributed by atoms with van der Waals surface area (Å²) >= 11 is 11.2. The van der Waals surface area contributed by atoms with E-state index in [2.05, 4.69) is 40.2 Å². The molecule has 1 atom stereocenters. The first-order valence-corrected chi connectivity index (χ1v) is 13.2. The van der Waals surface area contributed by atoms with Crippen molar-refractivity contribution in [2.45, 2.75) is 18.9 Å². The summed E-state index contributed by atoms with van der Waals surface area (Å²) in [5.41, 5.74) is 6.48. The summed E-state index contributed by atoms with van der Waals surface area (Å²) in [5.74, 6) is 0.735. The molecule has 35 heavy (non-hydrogen) atoms. The number of methoxy groups -OCH3 is 1. The van der Waals surface area contributed by atoms with Crippen LogP contribution in [0, 0.1) is 0 Å². The molecule has 7 heteroatoms. The van der Waals surface area contributed by atoms with Crippen molar-refractivity contribution < 1.29 is 4.74 Å². The minimum atomic E-state index is -0.220. The standard InChI is InChI=1S/C28H20BrClN2O2S/c1-34-20-11-13-23(29)18(14-20)15-24-27(33)32-26(17-6-9-19(30)10-7-17)22-12-8-16-4-2-3-5-21(16)25(22)31-28(32)35-24/h2-7,9-11,13-15,26H,8,12H2,1H3. The fraction of sp³-hybridized carbons (Fsp3) is 0.143. The van der Waals surface area contributed by atoms with Gasteiger partial charge in [0, 0.05) is 15.1 Å². The fourth-order valence-corrected chi connectivity index (χ4v) is 6.35. The summed E-state index contributed by atoms with van der Waals surface area (Å²) in [6.07, 6.45) is 3.69. The van der Waals surface area contributed by atoms with E-state index in [0.717, 1.165) is 45.5 Å². The number of hydrogen-bond donors (Lipinski definition) is 0. The third-order valence-corrected chi connectivity index (χ3v) is 8.51. The average Bonchev–Trinajstić information content (AvgIpc) is 3.19. The Hall–Kier alpha value is -2.93. The molecule has 4 nitrogen and oxygen atoms in total. The molecule has 174 valence electrons. The monoisotopic (exact) mass is 562 g/mol. The maximum Gasteiger partial charge on any atom is 0.271 e. The van der Waals surface area contributed by atoms with Crippen LogP contribution in [0.15, 0.2) is 86.6 Å². The molecular formula is C28H20BrClN2O2S. The lowest BCUT2D eigenvalue weighted by Gasteiger charge is -2.30. The number of benzene rings is 3. The Morgan fingerprint density at radius 3 is 2.71 bits per heavy atom. The Morgan fingerprint density at radius 1 is 1.11 bits per heavy atom. The van der Waals surface area contributed by atoms with E-state index < -0.39 is 0 Å². The molecule has 4 aromatic rings. The van der Waals surface area contributed by atoms with Gasteiger partial charge >= 0.3 is 0 Å². The summed E-state index contributed by atoms with van der Waals surface area (Å²) in [6, 6.07) is 21.7. The number of aromatic nitrogens is 1. The molecule has 1 aliphatic carbocycles. The predicted octanol–water partition coefficient (Wildman–Crippen LogP) is 5.74. The molecule has 0 N–H and O–H groups in total. The molecule has 0 fully saturated rings. The molecule has 3 aromatic carbocycles. The molecular weight excluding hydrogens is 544 g/mol. The van der Waals surface area contributed by atoms with Crippen LogP contribution in [0.4, 0.5) is 0 Å². The van der Waals surface area contributed by atoms with Crippen LogP contribution in [0.1, 0.15) is 34.7 Å². The third-order valence-electron chi connectivity index (χ3n) is 6.55. The summed E-state index contributed by atoms with van der Waals surface area (Å²) < 4.78 is 8.76. The van der Waals surface area contributed by atoms with Crippen LogP contribution >= 0.6 is 38.9 Å². The number of nitrogens with zero attached hydrogens (tertiary/aromatic N) is 2. The highest BCUT2D eigenvalue weighted by molar-refractivity contribution is 9.10. The van der Waals surface area contributed by atoms with E-state index in [1.54, 1.807) is 7.11 Å². The highest BCUT2D eigenvalue weighted by atomic mass is 79.9. The molecule has 0 spiro atoms. The van der Waals surface area contributed by atoms with Gasteiger partial charge in [-0.15, -0.1) is 0 Å². The zero-order valence-electron chi connectivity index (χ0n) is 18.8. The first kappa shape index (κ1) is 22.5. The maximum atomic E-state index is 13.8. The molecule has 2 aliphatic rings. The van der Waals surface area contributed by atoms with E-state index in [9.17, 15) is 4.79 Å². The van der Waals surface area contributed by atoms with Crippen molar-refractivity contribution >= 4 is 50.6 Å². The van der Waals surface area contributed by atoms with Crippen molar-refractivity contribution in [3.63, 3.8) is 0 Å². The molecule has 1 aromatic heterocycles. The quantitative estimate of drug-likeness (QED) is 0.319. The van der Waals surface area contributed by atoms with Crippen LogP contribution in [0.2, 0.25) is 5.02 Å². The molecule has 6 rings (SSSR count). The van der Waals surface area contributed by atoms with Gasteiger partial charge in [0.15, 0.2) is 4.80 Å². The lowest BCUT2D eigenvalue weighted by atomic mass is 9.83. The zero-order chi connectivity index (χ0) is 24.1. The summed E-state index contributed by atoms with van der Waals surface area (Å²) in [4.78, 5) is 19.6. The van der Waals surface area contributed by atoms with Crippen LogP contribution in [-0.2, 0) is 6.42 Å². The Balaban J connectivity index is 1.62. The summed E-state index contributed by atoms with van der Waals surface area (Å²) in [5, 5.41) is 0.673. The normalized spacial score (nSPS) is 16.9. The van der Waals surface area contributed by atoms with E-state index in [1.807, 2.05) is 53.1 Å². The Kier molecular flexibility index (Phi) is 5.75. The van der Waals surface area contributed by atoms with Gasteiger partial charge in [0.2, 0.25) is 0 Å². The second kappa shape index (κ2) is 8.94. The van der Waals surface area contributed by atoms with Crippen molar-refractivity contribution in [3.05, 3.63) is 124 Å². The number of rotatable bonds is 3. The van der Waals surface area contributed by atoms with Crippen LogP contribution in [0.5, 0.6) is 5.75 Å². The van der Waals surface area contributed by atoms with Gasteiger partial charge in [0.05, 0.1) is 23.4 Å². The number of halogens is 2. The maximum absolute atomic E-state index is 13.8. The van der Waals surface area contributed by atoms with E-state index in [1.165, 1.54) is 22.5 Å². The topological polar surface area (TPSA) is 43.6 Å². The lowest BCUT2D eigenvalue weighted by molar-refractivity contribution is 0.414. The molecule has 1 unspecified atom stereocenters. The first-order chi connectivity index (χ1) is 17.0. The molecule has 0 radical (unpaired) electrons. The predicted molar refractivity (Wildman–Crippen MR) is 145 cm³/mol. The smallest absolute Gasteiger partial charge is 0.271 e. The Labute approximate surface area is 219 Å².